The van der Waals surface area contributed by atoms with E-state index < -0.39 is 0 Å². The predicted octanol–water partition coefficient (Wildman–Crippen LogP) is 2.30. The number of carbonyl (C=O) groups excluding carboxylic acids is 1. The van der Waals surface area contributed by atoms with Gasteiger partial charge in [0, 0.05) is 24.6 Å². The second-order valence-corrected chi connectivity index (χ2v) is 6.71. The Bertz CT molecular complexity index is 589. The smallest absolute Gasteiger partial charge is 0.272 e. The van der Waals surface area contributed by atoms with Crippen molar-refractivity contribution in [1.82, 2.24) is 14.9 Å². The molecule has 2 aliphatic rings. The number of likely N-dealkylation sites (tertiary alicyclic amines) is 1. The van der Waals surface area contributed by atoms with Gasteiger partial charge in [-0.2, -0.15) is 0 Å². The number of rotatable bonds is 4. The van der Waals surface area contributed by atoms with Crippen LogP contribution in [0.15, 0.2) is 10.9 Å². The summed E-state index contributed by atoms with van der Waals surface area (Å²) in [5.74, 6) is 1.52. The van der Waals surface area contributed by atoms with Crippen molar-refractivity contribution in [3.63, 3.8) is 0 Å². The molecule has 0 spiro atoms. The Morgan fingerprint density at radius 1 is 1.43 bits per heavy atom. The molecule has 3 rings (SSSR count). The molecule has 1 saturated heterocycles. The van der Waals surface area contributed by atoms with Crippen molar-refractivity contribution in [1.29, 1.82) is 0 Å². The fourth-order valence-electron chi connectivity index (χ4n) is 3.18. The van der Waals surface area contributed by atoms with E-state index in [-0.39, 0.29) is 11.5 Å². The largest absolute Gasteiger partial charge is 0.334 e. The van der Waals surface area contributed by atoms with Gasteiger partial charge in [-0.15, -0.1) is 0 Å². The summed E-state index contributed by atoms with van der Waals surface area (Å²) in [6.45, 7) is 5.14. The third kappa shape index (κ3) is 3.17. The summed E-state index contributed by atoms with van der Waals surface area (Å²) in [6, 6.07) is 1.64. The van der Waals surface area contributed by atoms with Crippen LogP contribution in [0.4, 0.5) is 0 Å². The third-order valence-corrected chi connectivity index (χ3v) is 4.32. The number of nitrogens with zero attached hydrogens (tertiary/aromatic N) is 2. The van der Waals surface area contributed by atoms with Crippen LogP contribution in [0, 0.1) is 5.92 Å². The van der Waals surface area contributed by atoms with Crippen LogP contribution in [-0.4, -0.2) is 33.4 Å². The monoisotopic (exact) mass is 289 g/mol. The van der Waals surface area contributed by atoms with Crippen LogP contribution >= 0.6 is 0 Å². The zero-order chi connectivity index (χ0) is 15.0. The van der Waals surface area contributed by atoms with Crippen molar-refractivity contribution in [2.45, 2.75) is 57.9 Å². The molecule has 1 saturated carbocycles. The van der Waals surface area contributed by atoms with Crippen LogP contribution in [0.5, 0.6) is 0 Å². The van der Waals surface area contributed by atoms with Gasteiger partial charge in [-0.1, -0.05) is 13.8 Å². The highest BCUT2D eigenvalue weighted by atomic mass is 16.2. The number of aromatic amines is 1. The van der Waals surface area contributed by atoms with Crippen LogP contribution in [0.3, 0.4) is 0 Å². The molecule has 5 nitrogen and oxygen atoms in total. The lowest BCUT2D eigenvalue weighted by molar-refractivity contribution is 0.0715. The topological polar surface area (TPSA) is 66.1 Å². The Kier molecular flexibility index (Phi) is 3.83. The molecular weight excluding hydrogens is 266 g/mol. The van der Waals surface area contributed by atoms with Crippen molar-refractivity contribution in [3.05, 3.63) is 27.9 Å². The number of nitrogens with one attached hydrogen (secondary N) is 1. The Labute approximate surface area is 124 Å². The van der Waals surface area contributed by atoms with Gasteiger partial charge in [0.05, 0.1) is 0 Å². The van der Waals surface area contributed by atoms with Gasteiger partial charge in [0.2, 0.25) is 0 Å². The van der Waals surface area contributed by atoms with Crippen molar-refractivity contribution in [3.8, 4) is 0 Å². The van der Waals surface area contributed by atoms with Gasteiger partial charge in [-0.05, 0) is 38.0 Å². The van der Waals surface area contributed by atoms with Crippen molar-refractivity contribution in [2.75, 3.05) is 6.54 Å². The second-order valence-electron chi connectivity index (χ2n) is 6.71. The summed E-state index contributed by atoms with van der Waals surface area (Å²) in [5.41, 5.74) is 0.103. The Morgan fingerprint density at radius 3 is 2.86 bits per heavy atom. The zero-order valence-corrected chi connectivity index (χ0v) is 12.8. The van der Waals surface area contributed by atoms with E-state index in [1.54, 1.807) is 0 Å². The summed E-state index contributed by atoms with van der Waals surface area (Å²) < 4.78 is 0. The summed E-state index contributed by atoms with van der Waals surface area (Å²) in [5, 5.41) is 0. The van der Waals surface area contributed by atoms with Gasteiger partial charge in [-0.25, -0.2) is 4.98 Å². The molecule has 1 unspecified atom stereocenters. The summed E-state index contributed by atoms with van der Waals surface area (Å²) in [6.07, 6.45) is 5.23. The summed E-state index contributed by atoms with van der Waals surface area (Å²) in [4.78, 5) is 33.5. The Hall–Kier alpha value is -1.65. The first-order chi connectivity index (χ1) is 10.0. The van der Waals surface area contributed by atoms with Gasteiger partial charge < -0.3 is 9.88 Å². The quantitative estimate of drug-likeness (QED) is 0.925. The third-order valence-electron chi connectivity index (χ3n) is 4.32. The van der Waals surface area contributed by atoms with E-state index in [0.29, 0.717) is 29.4 Å². The van der Waals surface area contributed by atoms with E-state index >= 15 is 0 Å². The van der Waals surface area contributed by atoms with Gasteiger partial charge in [0.1, 0.15) is 11.5 Å². The lowest BCUT2D eigenvalue weighted by Crippen LogP contribution is -2.37. The standard InChI is InChI=1S/C16H23N3O2/c1-10(2)8-12-4-3-7-19(12)16(21)13-9-14(20)18-15(17-13)11-5-6-11/h9-12H,3-8H2,1-2H3,(H,17,18,20). The highest BCUT2D eigenvalue weighted by molar-refractivity contribution is 5.92. The first-order valence-electron chi connectivity index (χ1n) is 7.97. The number of H-pyrrole nitrogens is 1. The highest BCUT2D eigenvalue weighted by Gasteiger charge is 2.32. The van der Waals surface area contributed by atoms with Gasteiger partial charge in [0.15, 0.2) is 0 Å². The van der Waals surface area contributed by atoms with Crippen LogP contribution in [0.1, 0.15) is 68.2 Å². The molecule has 2 heterocycles. The molecule has 0 aromatic carbocycles. The summed E-state index contributed by atoms with van der Waals surface area (Å²) >= 11 is 0. The van der Waals surface area contributed by atoms with Crippen molar-refractivity contribution in [2.24, 2.45) is 5.92 Å². The molecule has 1 aromatic rings. The zero-order valence-electron chi connectivity index (χ0n) is 12.8. The maximum absolute atomic E-state index is 12.7. The molecule has 114 valence electrons. The van der Waals surface area contributed by atoms with Crippen LogP contribution in [0.2, 0.25) is 0 Å². The van der Waals surface area contributed by atoms with E-state index in [9.17, 15) is 9.59 Å². The molecule has 1 amide bonds. The maximum Gasteiger partial charge on any atom is 0.272 e. The van der Waals surface area contributed by atoms with Crippen molar-refractivity contribution < 1.29 is 4.79 Å². The van der Waals surface area contributed by atoms with Gasteiger partial charge in [-0.3, -0.25) is 9.59 Å². The maximum atomic E-state index is 12.7. The molecule has 1 aliphatic carbocycles. The molecule has 0 bridgehead atoms. The number of amides is 1. The van der Waals surface area contributed by atoms with E-state index in [1.807, 2.05) is 4.90 Å². The van der Waals surface area contributed by atoms with Crippen LogP contribution < -0.4 is 5.56 Å². The molecule has 1 aliphatic heterocycles. The molecular formula is C16H23N3O2. The average Bonchev–Trinajstić information content (AvgIpc) is 3.18. The molecule has 5 heteroatoms. The number of hydrogen-bond acceptors (Lipinski definition) is 3. The van der Waals surface area contributed by atoms with Crippen LogP contribution in [-0.2, 0) is 0 Å². The Morgan fingerprint density at radius 2 is 2.19 bits per heavy atom. The molecule has 21 heavy (non-hydrogen) atoms. The molecule has 2 fully saturated rings. The minimum absolute atomic E-state index is 0.0776. The van der Waals surface area contributed by atoms with Gasteiger partial charge >= 0.3 is 0 Å². The fourth-order valence-corrected chi connectivity index (χ4v) is 3.18. The predicted molar refractivity (Wildman–Crippen MR) is 80.3 cm³/mol. The van der Waals surface area contributed by atoms with Crippen molar-refractivity contribution >= 4 is 5.91 Å². The Balaban J connectivity index is 1.82. The normalized spacial score (nSPS) is 22.0. The number of aromatic nitrogens is 2. The minimum atomic E-state index is -0.213. The van der Waals surface area contributed by atoms with E-state index in [1.165, 1.54) is 6.07 Å². The number of carbonyl (C=O) groups is 1. The van der Waals surface area contributed by atoms with Crippen LogP contribution in [0.25, 0.3) is 0 Å². The SMILES string of the molecule is CC(C)CC1CCCN1C(=O)c1cc(=O)[nH]c(C2CC2)n1. The van der Waals surface area contributed by atoms with E-state index in [0.717, 1.165) is 38.6 Å². The molecule has 1 aromatic heterocycles. The van der Waals surface area contributed by atoms with E-state index in [2.05, 4.69) is 23.8 Å². The lowest BCUT2D eigenvalue weighted by Gasteiger charge is -2.25. The molecule has 1 N–H and O–H groups in total. The highest BCUT2D eigenvalue weighted by Crippen LogP contribution is 2.37. The summed E-state index contributed by atoms with van der Waals surface area (Å²) in [7, 11) is 0. The van der Waals surface area contributed by atoms with Gasteiger partial charge in [0.25, 0.3) is 11.5 Å². The number of hydrogen-bond donors (Lipinski definition) is 1. The first-order valence-corrected chi connectivity index (χ1v) is 7.97. The fraction of sp³-hybridized carbons (Fsp3) is 0.688. The second kappa shape index (κ2) is 5.62. The molecule has 0 radical (unpaired) electrons. The molecule has 1 atom stereocenters. The minimum Gasteiger partial charge on any atom is -0.334 e. The van der Waals surface area contributed by atoms with E-state index in [4.69, 9.17) is 0 Å². The average molecular weight is 289 g/mol. The first kappa shape index (κ1) is 14.3. The lowest BCUT2D eigenvalue weighted by atomic mass is 10.0.